The van der Waals surface area contributed by atoms with E-state index in [4.69, 9.17) is 10.8 Å². The third kappa shape index (κ3) is 11.2. The molecule has 0 unspecified atom stereocenters. The number of thioether (sulfide) groups is 1. The molecule has 0 radical (unpaired) electrons. The van der Waals surface area contributed by atoms with Crippen LogP contribution in [0.3, 0.4) is 0 Å². The van der Waals surface area contributed by atoms with Gasteiger partial charge in [0, 0.05) is 25.3 Å². The number of aliphatic carboxylic acids is 1. The van der Waals surface area contributed by atoms with Crippen molar-refractivity contribution in [2.45, 2.75) is 19.3 Å². The van der Waals surface area contributed by atoms with Crippen LogP contribution in [-0.4, -0.2) is 41.6 Å². The van der Waals surface area contributed by atoms with Gasteiger partial charge < -0.3 is 16.2 Å². The SMILES string of the molecule is NCCNC(=O)CCCSCCC(=O)O. The van der Waals surface area contributed by atoms with Crippen LogP contribution in [-0.2, 0) is 9.59 Å². The number of carbonyl (C=O) groups excluding carboxylic acids is 1. The molecular formula is C9H18N2O3S. The van der Waals surface area contributed by atoms with Crippen molar-refractivity contribution in [2.75, 3.05) is 24.6 Å². The van der Waals surface area contributed by atoms with Crippen LogP contribution in [0.5, 0.6) is 0 Å². The lowest BCUT2D eigenvalue weighted by Gasteiger charge is -2.02. The van der Waals surface area contributed by atoms with Gasteiger partial charge in [-0.05, 0) is 12.2 Å². The fourth-order valence-corrected chi connectivity index (χ4v) is 1.77. The number of rotatable bonds is 9. The number of nitrogens with two attached hydrogens (primary N) is 1. The normalized spacial score (nSPS) is 9.93. The molecule has 0 bridgehead atoms. The number of hydrogen-bond donors (Lipinski definition) is 3. The fourth-order valence-electron chi connectivity index (χ4n) is 0.896. The topological polar surface area (TPSA) is 92.4 Å². The predicted molar refractivity (Wildman–Crippen MR) is 60.9 cm³/mol. The van der Waals surface area contributed by atoms with Gasteiger partial charge >= 0.3 is 5.97 Å². The molecule has 0 aliphatic carbocycles. The minimum absolute atomic E-state index is 0.0132. The van der Waals surface area contributed by atoms with Crippen LogP contribution in [0.25, 0.3) is 0 Å². The molecule has 0 atom stereocenters. The van der Waals surface area contributed by atoms with E-state index in [1.54, 1.807) is 11.8 Å². The van der Waals surface area contributed by atoms with E-state index in [1.807, 2.05) is 0 Å². The summed E-state index contributed by atoms with van der Waals surface area (Å²) >= 11 is 1.56. The standard InChI is InChI=1S/C9H18N2O3S/c10-4-5-11-8(12)2-1-6-15-7-3-9(13)14/h1-7,10H2,(H,11,12)(H,13,14). The highest BCUT2D eigenvalue weighted by Crippen LogP contribution is 2.06. The summed E-state index contributed by atoms with van der Waals surface area (Å²) in [5.41, 5.74) is 5.23. The summed E-state index contributed by atoms with van der Waals surface area (Å²) in [5, 5.41) is 11.0. The lowest BCUT2D eigenvalue weighted by atomic mass is 10.3. The summed E-state index contributed by atoms with van der Waals surface area (Å²) in [7, 11) is 0. The van der Waals surface area contributed by atoms with Crippen molar-refractivity contribution in [3.63, 3.8) is 0 Å². The van der Waals surface area contributed by atoms with E-state index in [9.17, 15) is 9.59 Å². The Morgan fingerprint density at radius 3 is 2.60 bits per heavy atom. The number of carboxylic acids is 1. The third-order valence-corrected chi connectivity index (χ3v) is 2.69. The molecule has 0 aliphatic rings. The average Bonchev–Trinajstić information content (AvgIpc) is 2.19. The first-order valence-corrected chi connectivity index (χ1v) is 6.08. The van der Waals surface area contributed by atoms with Crippen LogP contribution >= 0.6 is 11.8 Å². The highest BCUT2D eigenvalue weighted by Gasteiger charge is 2.00. The van der Waals surface area contributed by atoms with Gasteiger partial charge in [0.05, 0.1) is 6.42 Å². The van der Waals surface area contributed by atoms with Crippen molar-refractivity contribution in [1.82, 2.24) is 5.32 Å². The molecule has 0 aromatic rings. The second kappa shape index (κ2) is 9.79. The number of amides is 1. The summed E-state index contributed by atoms with van der Waals surface area (Å²) in [4.78, 5) is 21.2. The molecule has 0 aromatic carbocycles. The Bertz CT molecular complexity index is 200. The number of carbonyl (C=O) groups is 2. The van der Waals surface area contributed by atoms with E-state index in [0.29, 0.717) is 25.3 Å². The monoisotopic (exact) mass is 234 g/mol. The summed E-state index contributed by atoms with van der Waals surface area (Å²) in [6.45, 7) is 0.976. The molecule has 0 fully saturated rings. The summed E-state index contributed by atoms with van der Waals surface area (Å²) in [6, 6.07) is 0. The summed E-state index contributed by atoms with van der Waals surface area (Å²) in [5.74, 6) is 0.672. The number of hydrogen-bond acceptors (Lipinski definition) is 4. The highest BCUT2D eigenvalue weighted by atomic mass is 32.2. The van der Waals surface area contributed by atoms with Gasteiger partial charge in [-0.15, -0.1) is 0 Å². The van der Waals surface area contributed by atoms with Gasteiger partial charge in [-0.1, -0.05) is 0 Å². The van der Waals surface area contributed by atoms with Gasteiger partial charge in [-0.25, -0.2) is 0 Å². The Hall–Kier alpha value is -0.750. The van der Waals surface area contributed by atoms with Gasteiger partial charge in [0.2, 0.25) is 5.91 Å². The van der Waals surface area contributed by atoms with E-state index >= 15 is 0 Å². The smallest absolute Gasteiger partial charge is 0.304 e. The summed E-state index contributed by atoms with van der Waals surface area (Å²) < 4.78 is 0. The van der Waals surface area contributed by atoms with E-state index in [2.05, 4.69) is 5.32 Å². The second-order valence-corrected chi connectivity index (χ2v) is 4.22. The first-order valence-electron chi connectivity index (χ1n) is 4.93. The third-order valence-electron chi connectivity index (χ3n) is 1.62. The van der Waals surface area contributed by atoms with Crippen molar-refractivity contribution < 1.29 is 14.7 Å². The Labute approximate surface area is 93.8 Å². The van der Waals surface area contributed by atoms with Crippen LogP contribution in [0.1, 0.15) is 19.3 Å². The summed E-state index contributed by atoms with van der Waals surface area (Å²) in [6.07, 6.45) is 1.45. The van der Waals surface area contributed by atoms with Gasteiger partial charge in [0.1, 0.15) is 0 Å². The maximum atomic E-state index is 11.1. The first-order chi connectivity index (χ1) is 7.16. The van der Waals surface area contributed by atoms with Crippen LogP contribution in [0.2, 0.25) is 0 Å². The maximum Gasteiger partial charge on any atom is 0.304 e. The zero-order chi connectivity index (χ0) is 11.5. The van der Waals surface area contributed by atoms with E-state index in [1.165, 1.54) is 0 Å². The molecule has 6 heteroatoms. The molecule has 0 heterocycles. The predicted octanol–water partition coefficient (Wildman–Crippen LogP) is 0.0494. The van der Waals surface area contributed by atoms with Crippen molar-refractivity contribution >= 4 is 23.6 Å². The molecule has 88 valence electrons. The quantitative estimate of drug-likeness (QED) is 0.490. The lowest BCUT2D eigenvalue weighted by molar-refractivity contribution is -0.136. The lowest BCUT2D eigenvalue weighted by Crippen LogP contribution is -2.28. The number of carboxylic acid groups (broad SMARTS) is 1. The Balaban J connectivity index is 3.16. The van der Waals surface area contributed by atoms with Crippen molar-refractivity contribution in [3.8, 4) is 0 Å². The van der Waals surface area contributed by atoms with Gasteiger partial charge in [0.15, 0.2) is 0 Å². The van der Waals surface area contributed by atoms with E-state index in [0.717, 1.165) is 12.2 Å². The van der Waals surface area contributed by atoms with E-state index < -0.39 is 5.97 Å². The van der Waals surface area contributed by atoms with Crippen LogP contribution < -0.4 is 11.1 Å². The zero-order valence-corrected chi connectivity index (χ0v) is 9.52. The first kappa shape index (κ1) is 14.2. The Morgan fingerprint density at radius 1 is 1.27 bits per heavy atom. The Kier molecular flexibility index (Phi) is 9.30. The molecule has 1 amide bonds. The average molecular weight is 234 g/mol. The fraction of sp³-hybridized carbons (Fsp3) is 0.778. The van der Waals surface area contributed by atoms with Crippen molar-refractivity contribution in [1.29, 1.82) is 0 Å². The molecular weight excluding hydrogens is 216 g/mol. The molecule has 0 saturated carbocycles. The van der Waals surface area contributed by atoms with Crippen LogP contribution in [0.15, 0.2) is 0 Å². The van der Waals surface area contributed by atoms with Crippen LogP contribution in [0, 0.1) is 0 Å². The molecule has 15 heavy (non-hydrogen) atoms. The van der Waals surface area contributed by atoms with Gasteiger partial charge in [0.25, 0.3) is 0 Å². The molecule has 5 nitrogen and oxygen atoms in total. The van der Waals surface area contributed by atoms with Crippen molar-refractivity contribution in [2.24, 2.45) is 5.73 Å². The highest BCUT2D eigenvalue weighted by molar-refractivity contribution is 7.99. The molecule has 0 saturated heterocycles. The molecule has 0 spiro atoms. The Morgan fingerprint density at radius 2 is 2.00 bits per heavy atom. The van der Waals surface area contributed by atoms with Crippen LogP contribution in [0.4, 0.5) is 0 Å². The molecule has 4 N–H and O–H groups in total. The van der Waals surface area contributed by atoms with Gasteiger partial charge in [-0.2, -0.15) is 11.8 Å². The molecule has 0 rings (SSSR count). The zero-order valence-electron chi connectivity index (χ0n) is 8.70. The molecule has 0 aliphatic heterocycles. The molecule has 0 aromatic heterocycles. The largest absolute Gasteiger partial charge is 0.481 e. The maximum absolute atomic E-state index is 11.1. The van der Waals surface area contributed by atoms with Gasteiger partial charge in [-0.3, -0.25) is 9.59 Å². The van der Waals surface area contributed by atoms with Crippen molar-refractivity contribution in [3.05, 3.63) is 0 Å². The second-order valence-electron chi connectivity index (χ2n) is 3.00. The minimum atomic E-state index is -0.775. The number of nitrogens with one attached hydrogen (secondary N) is 1. The van der Waals surface area contributed by atoms with E-state index in [-0.39, 0.29) is 12.3 Å². The minimum Gasteiger partial charge on any atom is -0.481 e.